The molecule has 1 atom stereocenters. The third-order valence-electron chi connectivity index (χ3n) is 7.05. The first-order chi connectivity index (χ1) is 18.7. The molecule has 2 aliphatic rings. The Morgan fingerprint density at radius 3 is 2.36 bits per heavy atom. The highest BCUT2D eigenvalue weighted by atomic mass is 32.2. The second kappa shape index (κ2) is 11.1. The molecule has 11 nitrogen and oxygen atoms in total. The molecule has 2 aromatic carbocycles. The molecule has 2 N–H and O–H groups in total. The second-order valence-electron chi connectivity index (χ2n) is 9.88. The molecule has 39 heavy (non-hydrogen) atoms. The SMILES string of the molecule is O=C(NC1(C(=O)c2nc3ccccc3o2)CCC1)C(CS(=O)(=O)Cc1ccccc1)NC(=O)N1CCOCC1. The van der Waals surface area contributed by atoms with Crippen molar-refractivity contribution in [2.24, 2.45) is 0 Å². The second-order valence-corrected chi connectivity index (χ2v) is 12.0. The van der Waals surface area contributed by atoms with Gasteiger partial charge in [-0.3, -0.25) is 9.59 Å². The maximum atomic E-state index is 13.6. The van der Waals surface area contributed by atoms with E-state index in [-0.39, 0.29) is 11.6 Å². The van der Waals surface area contributed by atoms with Gasteiger partial charge in [0.25, 0.3) is 5.89 Å². The Kier molecular flexibility index (Phi) is 7.67. The molecule has 0 radical (unpaired) electrons. The number of nitrogens with zero attached hydrogens (tertiary/aromatic N) is 2. The quantitative estimate of drug-likeness (QED) is 0.382. The summed E-state index contributed by atoms with van der Waals surface area (Å²) >= 11 is 0. The van der Waals surface area contributed by atoms with Crippen LogP contribution in [0.1, 0.15) is 35.5 Å². The van der Waals surface area contributed by atoms with E-state index < -0.39 is 44.9 Å². The predicted octanol–water partition coefficient (Wildman–Crippen LogP) is 2.07. The van der Waals surface area contributed by atoms with E-state index in [0.717, 1.165) is 0 Å². The number of fused-ring (bicyclic) bond motifs is 1. The van der Waals surface area contributed by atoms with Gasteiger partial charge in [-0.25, -0.2) is 18.2 Å². The van der Waals surface area contributed by atoms with Crippen LogP contribution < -0.4 is 10.6 Å². The van der Waals surface area contributed by atoms with Crippen molar-refractivity contribution in [1.82, 2.24) is 20.5 Å². The molecule has 206 valence electrons. The van der Waals surface area contributed by atoms with Crippen molar-refractivity contribution < 1.29 is 32.0 Å². The van der Waals surface area contributed by atoms with Gasteiger partial charge >= 0.3 is 6.03 Å². The molecule has 0 bridgehead atoms. The highest BCUT2D eigenvalue weighted by molar-refractivity contribution is 7.90. The lowest BCUT2D eigenvalue weighted by Crippen LogP contribution is -2.64. The fourth-order valence-electron chi connectivity index (χ4n) is 4.77. The largest absolute Gasteiger partial charge is 0.434 e. The fourth-order valence-corrected chi connectivity index (χ4v) is 6.33. The molecule has 1 aliphatic carbocycles. The van der Waals surface area contributed by atoms with E-state index in [0.29, 0.717) is 62.2 Å². The summed E-state index contributed by atoms with van der Waals surface area (Å²) in [5.41, 5.74) is 0.245. The number of aromatic nitrogens is 1. The number of Topliss-reactive ketones (excluding diaryl/α,β-unsaturated/α-hetero) is 1. The number of carbonyl (C=O) groups is 3. The van der Waals surface area contributed by atoms with Crippen molar-refractivity contribution in [2.75, 3.05) is 32.1 Å². The first-order valence-electron chi connectivity index (χ1n) is 12.8. The van der Waals surface area contributed by atoms with Gasteiger partial charge < -0.3 is 24.7 Å². The van der Waals surface area contributed by atoms with Gasteiger partial charge in [-0.1, -0.05) is 42.5 Å². The molecule has 0 spiro atoms. The molecule has 3 aromatic rings. The number of hydrogen-bond acceptors (Lipinski definition) is 8. The Balaban J connectivity index is 1.36. The van der Waals surface area contributed by atoms with Crippen molar-refractivity contribution in [1.29, 1.82) is 0 Å². The van der Waals surface area contributed by atoms with Gasteiger partial charge in [0.05, 0.1) is 24.7 Å². The number of ketones is 1. The van der Waals surface area contributed by atoms with E-state index in [1.54, 1.807) is 54.6 Å². The molecular weight excluding hydrogens is 524 g/mol. The Hall–Kier alpha value is -3.77. The van der Waals surface area contributed by atoms with E-state index in [1.165, 1.54) is 4.90 Å². The lowest BCUT2D eigenvalue weighted by atomic mass is 9.73. The van der Waals surface area contributed by atoms with Gasteiger partial charge in [0.2, 0.25) is 11.7 Å². The van der Waals surface area contributed by atoms with Crippen LogP contribution in [0.5, 0.6) is 0 Å². The van der Waals surface area contributed by atoms with Crippen LogP contribution in [0.15, 0.2) is 59.0 Å². The summed E-state index contributed by atoms with van der Waals surface area (Å²) in [6.45, 7) is 1.32. The number of carbonyl (C=O) groups excluding carboxylic acids is 3. The third-order valence-corrected chi connectivity index (χ3v) is 8.67. The molecule has 5 rings (SSSR count). The summed E-state index contributed by atoms with van der Waals surface area (Å²) in [5, 5.41) is 5.35. The molecule has 1 unspecified atom stereocenters. The maximum Gasteiger partial charge on any atom is 0.318 e. The molecule has 2 fully saturated rings. The summed E-state index contributed by atoms with van der Waals surface area (Å²) in [5.74, 6) is -2.28. The summed E-state index contributed by atoms with van der Waals surface area (Å²) in [7, 11) is -3.82. The summed E-state index contributed by atoms with van der Waals surface area (Å²) in [6, 6.07) is 13.6. The van der Waals surface area contributed by atoms with E-state index in [2.05, 4.69) is 15.6 Å². The van der Waals surface area contributed by atoms with Crippen LogP contribution in [0.3, 0.4) is 0 Å². The van der Waals surface area contributed by atoms with Gasteiger partial charge in [0.1, 0.15) is 17.1 Å². The Labute approximate surface area is 225 Å². The van der Waals surface area contributed by atoms with Crippen LogP contribution in [0.4, 0.5) is 4.79 Å². The van der Waals surface area contributed by atoms with Crippen LogP contribution in [0.25, 0.3) is 11.1 Å². The summed E-state index contributed by atoms with van der Waals surface area (Å²) in [6.07, 6.45) is 1.37. The third kappa shape index (κ3) is 6.12. The van der Waals surface area contributed by atoms with Gasteiger partial charge in [-0.15, -0.1) is 0 Å². The number of ether oxygens (including phenoxy) is 1. The van der Waals surface area contributed by atoms with E-state index in [1.807, 2.05) is 0 Å². The van der Waals surface area contributed by atoms with Crippen molar-refractivity contribution in [3.05, 3.63) is 66.1 Å². The highest BCUT2D eigenvalue weighted by Gasteiger charge is 2.49. The lowest BCUT2D eigenvalue weighted by molar-refractivity contribution is -0.124. The average molecular weight is 555 g/mol. The van der Waals surface area contributed by atoms with Crippen LogP contribution in [0, 0.1) is 0 Å². The monoisotopic (exact) mass is 554 g/mol. The summed E-state index contributed by atoms with van der Waals surface area (Å²) < 4.78 is 37.2. The first kappa shape index (κ1) is 26.8. The van der Waals surface area contributed by atoms with Gasteiger partial charge in [-0.2, -0.15) is 0 Å². The number of sulfone groups is 1. The number of amides is 3. The van der Waals surface area contributed by atoms with Crippen LogP contribution >= 0.6 is 0 Å². The number of morpholine rings is 1. The minimum absolute atomic E-state index is 0.123. The van der Waals surface area contributed by atoms with Crippen molar-refractivity contribution in [3.63, 3.8) is 0 Å². The number of rotatable bonds is 9. The topological polar surface area (TPSA) is 148 Å². The number of urea groups is 1. The van der Waals surface area contributed by atoms with Gasteiger partial charge in [0, 0.05) is 13.1 Å². The smallest absolute Gasteiger partial charge is 0.318 e. The highest BCUT2D eigenvalue weighted by Crippen LogP contribution is 2.35. The normalized spacial score (nSPS) is 17.7. The fraction of sp³-hybridized carbons (Fsp3) is 0.407. The zero-order valence-corrected chi connectivity index (χ0v) is 22.1. The Morgan fingerprint density at radius 2 is 1.69 bits per heavy atom. The summed E-state index contributed by atoms with van der Waals surface area (Å²) in [4.78, 5) is 45.7. The van der Waals surface area contributed by atoms with Crippen molar-refractivity contribution >= 4 is 38.7 Å². The molecular formula is C27H30N4O7S. The molecule has 12 heteroatoms. The standard InChI is InChI=1S/C27H30N4O7S/c32-23(25-28-20-9-4-5-10-22(20)38-25)27(11-6-12-27)30-24(33)21(29-26(34)31-13-15-37-16-14-31)18-39(35,36)17-19-7-2-1-3-8-19/h1-5,7-10,21H,6,11-18H2,(H,29,34)(H,30,33). The number of oxazole rings is 1. The number of nitrogens with one attached hydrogen (secondary N) is 2. The minimum Gasteiger partial charge on any atom is -0.434 e. The predicted molar refractivity (Wildman–Crippen MR) is 142 cm³/mol. The van der Waals surface area contributed by atoms with E-state index in [9.17, 15) is 22.8 Å². The van der Waals surface area contributed by atoms with Gasteiger partial charge in [0.15, 0.2) is 15.4 Å². The molecule has 2 heterocycles. The first-order valence-corrected chi connectivity index (χ1v) is 14.7. The van der Waals surface area contributed by atoms with Crippen molar-refractivity contribution in [2.45, 2.75) is 36.6 Å². The van der Waals surface area contributed by atoms with Crippen LogP contribution in [0.2, 0.25) is 0 Å². The molecule has 3 amide bonds. The Morgan fingerprint density at radius 1 is 1.00 bits per heavy atom. The average Bonchev–Trinajstić information content (AvgIpc) is 3.35. The zero-order valence-electron chi connectivity index (χ0n) is 21.3. The van der Waals surface area contributed by atoms with Crippen LogP contribution in [-0.4, -0.2) is 79.7 Å². The minimum atomic E-state index is -3.82. The van der Waals surface area contributed by atoms with E-state index >= 15 is 0 Å². The lowest BCUT2D eigenvalue weighted by Gasteiger charge is -2.41. The van der Waals surface area contributed by atoms with Crippen LogP contribution in [-0.2, 0) is 25.1 Å². The van der Waals surface area contributed by atoms with Gasteiger partial charge in [-0.05, 0) is 37.0 Å². The number of benzene rings is 2. The Bertz CT molecular complexity index is 1430. The molecule has 1 saturated heterocycles. The maximum absolute atomic E-state index is 13.6. The van der Waals surface area contributed by atoms with Crippen molar-refractivity contribution in [3.8, 4) is 0 Å². The molecule has 1 aromatic heterocycles. The number of hydrogen-bond donors (Lipinski definition) is 2. The number of para-hydroxylation sites is 2. The molecule has 1 saturated carbocycles. The van der Waals surface area contributed by atoms with E-state index in [4.69, 9.17) is 9.15 Å². The zero-order chi connectivity index (χ0) is 27.5. The molecule has 1 aliphatic heterocycles.